The molecule has 6 nitrogen and oxygen atoms in total. The highest BCUT2D eigenvalue weighted by atomic mass is 16.5. The zero-order chi connectivity index (χ0) is 12.2. The Balaban J connectivity index is 4.04. The molecule has 0 radical (unpaired) electrons. The molecule has 0 saturated heterocycles. The second-order valence-electron chi connectivity index (χ2n) is 3.07. The molecule has 0 amide bonds. The lowest BCUT2D eigenvalue weighted by molar-refractivity contribution is 0.106. The predicted octanol–water partition coefficient (Wildman–Crippen LogP) is -0.189. The van der Waals surface area contributed by atoms with Crippen LogP contribution in [0, 0.1) is 0 Å². The first kappa shape index (κ1) is 15.2. The molecule has 0 rings (SSSR count). The van der Waals surface area contributed by atoms with Gasteiger partial charge in [-0.1, -0.05) is 0 Å². The minimum absolute atomic E-state index is 0.652. The highest BCUT2D eigenvalue weighted by molar-refractivity contribution is 5.79. The van der Waals surface area contributed by atoms with Crippen molar-refractivity contribution in [2.24, 2.45) is 10.8 Å². The van der Waals surface area contributed by atoms with E-state index in [1.807, 2.05) is 18.7 Å². The maximum absolute atomic E-state index is 5.39. The predicted molar refractivity (Wildman–Crippen MR) is 65.2 cm³/mol. The van der Waals surface area contributed by atoms with Gasteiger partial charge in [0.15, 0.2) is 0 Å². The fourth-order valence-electron chi connectivity index (χ4n) is 1.26. The van der Waals surface area contributed by atoms with Gasteiger partial charge in [-0.05, 0) is 13.8 Å². The molecule has 6 heteroatoms. The third-order valence-corrected chi connectivity index (χ3v) is 2.06. The van der Waals surface area contributed by atoms with E-state index in [0.29, 0.717) is 32.4 Å². The van der Waals surface area contributed by atoms with Crippen LogP contribution < -0.4 is 11.3 Å². The number of nitrogens with zero attached hydrogens (tertiary/aromatic N) is 2. The molecule has 0 aromatic heterocycles. The maximum atomic E-state index is 5.39. The number of nitrogens with one attached hydrogen (secondary N) is 1. The summed E-state index contributed by atoms with van der Waals surface area (Å²) in [6.07, 6.45) is 0. The SMILES string of the molecule is CCOCCN(CCOCC)C(=NC)NN. The zero-order valence-electron chi connectivity index (χ0n) is 10.5. The number of guanidine groups is 1. The van der Waals surface area contributed by atoms with Crippen molar-refractivity contribution in [3.05, 3.63) is 0 Å². The highest BCUT2D eigenvalue weighted by Gasteiger charge is 2.08. The molecule has 0 aromatic rings. The minimum atomic E-state index is 0.652. The second kappa shape index (κ2) is 10.7. The van der Waals surface area contributed by atoms with E-state index in [2.05, 4.69) is 10.4 Å². The molecule has 0 spiro atoms. The lowest BCUT2D eigenvalue weighted by Gasteiger charge is -2.24. The van der Waals surface area contributed by atoms with Crippen LogP contribution >= 0.6 is 0 Å². The van der Waals surface area contributed by atoms with Crippen LogP contribution in [0.5, 0.6) is 0 Å². The van der Waals surface area contributed by atoms with E-state index in [0.717, 1.165) is 13.1 Å². The molecule has 0 saturated carbocycles. The van der Waals surface area contributed by atoms with Crippen LogP contribution in [0.4, 0.5) is 0 Å². The molecule has 0 fully saturated rings. The average molecular weight is 232 g/mol. The fourth-order valence-corrected chi connectivity index (χ4v) is 1.26. The van der Waals surface area contributed by atoms with Gasteiger partial charge >= 0.3 is 0 Å². The number of hydrazine groups is 1. The Morgan fingerprint density at radius 1 is 1.19 bits per heavy atom. The summed E-state index contributed by atoms with van der Waals surface area (Å²) in [5, 5.41) is 0. The fraction of sp³-hybridized carbons (Fsp3) is 0.900. The van der Waals surface area contributed by atoms with Gasteiger partial charge in [-0.3, -0.25) is 10.4 Å². The Morgan fingerprint density at radius 3 is 2.00 bits per heavy atom. The summed E-state index contributed by atoms with van der Waals surface area (Å²) in [7, 11) is 1.70. The van der Waals surface area contributed by atoms with Crippen molar-refractivity contribution >= 4 is 5.96 Å². The number of nitrogens with two attached hydrogens (primary N) is 1. The summed E-state index contributed by atoms with van der Waals surface area (Å²) in [4.78, 5) is 6.06. The van der Waals surface area contributed by atoms with Crippen molar-refractivity contribution in [3.8, 4) is 0 Å². The van der Waals surface area contributed by atoms with E-state index < -0.39 is 0 Å². The standard InChI is InChI=1S/C10H24N4O2/c1-4-15-8-6-14(7-9-16-5-2)10(12-3)13-11/h4-9,11H2,1-3H3,(H,12,13). The number of ether oxygens (including phenoxy) is 2. The van der Waals surface area contributed by atoms with Gasteiger partial charge in [0.2, 0.25) is 5.96 Å². The number of aliphatic imine (C=N–C) groups is 1. The smallest absolute Gasteiger partial charge is 0.208 e. The Hall–Kier alpha value is -0.850. The van der Waals surface area contributed by atoms with Gasteiger partial charge < -0.3 is 14.4 Å². The van der Waals surface area contributed by atoms with Crippen molar-refractivity contribution in [3.63, 3.8) is 0 Å². The lowest BCUT2D eigenvalue weighted by Crippen LogP contribution is -2.47. The number of hydrogen-bond donors (Lipinski definition) is 2. The van der Waals surface area contributed by atoms with Crippen LogP contribution in [0.15, 0.2) is 4.99 Å². The lowest BCUT2D eigenvalue weighted by atomic mass is 10.5. The summed E-state index contributed by atoms with van der Waals surface area (Å²) in [6, 6.07) is 0. The second-order valence-corrected chi connectivity index (χ2v) is 3.07. The molecule has 0 bridgehead atoms. The van der Waals surface area contributed by atoms with Crippen molar-refractivity contribution in [1.29, 1.82) is 0 Å². The normalized spacial score (nSPS) is 11.6. The molecule has 0 aromatic carbocycles. The summed E-state index contributed by atoms with van der Waals surface area (Å²) in [6.45, 7) is 8.19. The van der Waals surface area contributed by atoms with Gasteiger partial charge in [-0.2, -0.15) is 0 Å². The van der Waals surface area contributed by atoms with Crippen molar-refractivity contribution in [2.45, 2.75) is 13.8 Å². The Labute approximate surface area is 97.8 Å². The molecule has 0 aliphatic heterocycles. The van der Waals surface area contributed by atoms with Crippen molar-refractivity contribution < 1.29 is 9.47 Å². The van der Waals surface area contributed by atoms with Gasteiger partial charge in [0.1, 0.15) is 0 Å². The summed E-state index contributed by atoms with van der Waals surface area (Å²) < 4.78 is 10.6. The van der Waals surface area contributed by atoms with E-state index in [1.165, 1.54) is 0 Å². The van der Waals surface area contributed by atoms with E-state index >= 15 is 0 Å². The van der Waals surface area contributed by atoms with Gasteiger partial charge in [0.05, 0.1) is 13.2 Å². The third-order valence-electron chi connectivity index (χ3n) is 2.06. The number of hydrogen-bond acceptors (Lipinski definition) is 4. The van der Waals surface area contributed by atoms with Crippen LogP contribution in [0.1, 0.15) is 13.8 Å². The van der Waals surface area contributed by atoms with Gasteiger partial charge in [-0.25, -0.2) is 5.84 Å². The van der Waals surface area contributed by atoms with Crippen LogP contribution in [0.3, 0.4) is 0 Å². The third kappa shape index (κ3) is 6.60. The molecular weight excluding hydrogens is 208 g/mol. The quantitative estimate of drug-likeness (QED) is 0.199. The Bertz CT molecular complexity index is 178. The monoisotopic (exact) mass is 232 g/mol. The first-order valence-corrected chi connectivity index (χ1v) is 5.63. The number of rotatable bonds is 8. The van der Waals surface area contributed by atoms with Crippen LogP contribution in [-0.4, -0.2) is 57.4 Å². The van der Waals surface area contributed by atoms with E-state index in [4.69, 9.17) is 15.3 Å². The largest absolute Gasteiger partial charge is 0.380 e. The van der Waals surface area contributed by atoms with E-state index in [-0.39, 0.29) is 0 Å². The van der Waals surface area contributed by atoms with Gasteiger partial charge in [0, 0.05) is 33.4 Å². The van der Waals surface area contributed by atoms with E-state index in [1.54, 1.807) is 7.05 Å². The van der Waals surface area contributed by atoms with Gasteiger partial charge in [0.25, 0.3) is 0 Å². The molecule has 96 valence electrons. The van der Waals surface area contributed by atoms with Crippen molar-refractivity contribution in [2.75, 3.05) is 46.6 Å². The Kier molecular flexibility index (Phi) is 10.1. The first-order valence-electron chi connectivity index (χ1n) is 5.63. The molecule has 3 N–H and O–H groups in total. The molecular formula is C10H24N4O2. The maximum Gasteiger partial charge on any atom is 0.208 e. The molecule has 0 aliphatic rings. The average Bonchev–Trinajstić information content (AvgIpc) is 2.30. The van der Waals surface area contributed by atoms with Crippen molar-refractivity contribution in [1.82, 2.24) is 10.3 Å². The minimum Gasteiger partial charge on any atom is -0.380 e. The van der Waals surface area contributed by atoms with E-state index in [9.17, 15) is 0 Å². The first-order chi connectivity index (χ1) is 7.79. The van der Waals surface area contributed by atoms with Crippen LogP contribution in [-0.2, 0) is 9.47 Å². The molecule has 0 unspecified atom stereocenters. The molecule has 0 atom stereocenters. The molecule has 0 heterocycles. The molecule has 0 aliphatic carbocycles. The zero-order valence-corrected chi connectivity index (χ0v) is 10.5. The summed E-state index contributed by atoms with van der Waals surface area (Å²) in [5.41, 5.74) is 2.57. The molecule has 16 heavy (non-hydrogen) atoms. The summed E-state index contributed by atoms with van der Waals surface area (Å²) >= 11 is 0. The topological polar surface area (TPSA) is 72.1 Å². The van der Waals surface area contributed by atoms with Crippen LogP contribution in [0.25, 0.3) is 0 Å². The van der Waals surface area contributed by atoms with Gasteiger partial charge in [-0.15, -0.1) is 0 Å². The summed E-state index contributed by atoms with van der Waals surface area (Å²) in [5.74, 6) is 6.04. The van der Waals surface area contributed by atoms with Crippen LogP contribution in [0.2, 0.25) is 0 Å². The Morgan fingerprint density at radius 2 is 1.69 bits per heavy atom. The highest BCUT2D eigenvalue weighted by Crippen LogP contribution is 1.91.